The highest BCUT2D eigenvalue weighted by Gasteiger charge is 2.09. The Balaban J connectivity index is 1.28. The summed E-state index contributed by atoms with van der Waals surface area (Å²) in [6.45, 7) is 4.31. The first-order chi connectivity index (χ1) is 14.9. The lowest BCUT2D eigenvalue weighted by atomic mass is 10.1. The van der Waals surface area contributed by atoms with E-state index in [-0.39, 0.29) is 0 Å². The van der Waals surface area contributed by atoms with Gasteiger partial charge in [-0.05, 0) is 44.5 Å². The van der Waals surface area contributed by atoms with Crippen LogP contribution in [0.3, 0.4) is 0 Å². The van der Waals surface area contributed by atoms with Gasteiger partial charge in [0.15, 0.2) is 0 Å². The van der Waals surface area contributed by atoms with Crippen molar-refractivity contribution in [2.24, 2.45) is 5.10 Å². The lowest BCUT2D eigenvalue weighted by molar-refractivity contribution is 0.205. The van der Waals surface area contributed by atoms with Gasteiger partial charge in [0.2, 0.25) is 5.13 Å². The van der Waals surface area contributed by atoms with Gasteiger partial charge in [0, 0.05) is 23.1 Å². The summed E-state index contributed by atoms with van der Waals surface area (Å²) >= 11 is 1.54. The molecule has 3 aromatic rings. The van der Waals surface area contributed by atoms with E-state index in [0.717, 1.165) is 47.3 Å². The van der Waals surface area contributed by atoms with Gasteiger partial charge in [-0.15, -0.1) is 11.3 Å². The topological polar surface area (TPSA) is 49.8 Å². The van der Waals surface area contributed by atoms with Crippen molar-refractivity contribution in [3.63, 3.8) is 0 Å². The van der Waals surface area contributed by atoms with Gasteiger partial charge in [0.1, 0.15) is 5.75 Å². The summed E-state index contributed by atoms with van der Waals surface area (Å²) in [6.07, 6.45) is 6.88. The minimum absolute atomic E-state index is 0.724. The average molecular weight is 421 g/mol. The number of nitrogens with one attached hydrogen (secondary N) is 1. The third kappa shape index (κ3) is 5.90. The normalized spacial score (nSPS) is 14.8. The van der Waals surface area contributed by atoms with E-state index >= 15 is 0 Å². The van der Waals surface area contributed by atoms with Crippen molar-refractivity contribution in [3.05, 3.63) is 65.5 Å². The highest BCUT2D eigenvalue weighted by Crippen LogP contribution is 2.24. The first kappa shape index (κ1) is 20.6. The van der Waals surface area contributed by atoms with E-state index in [1.165, 1.54) is 32.4 Å². The van der Waals surface area contributed by atoms with E-state index in [4.69, 9.17) is 4.74 Å². The van der Waals surface area contributed by atoms with Crippen LogP contribution in [0.4, 0.5) is 5.13 Å². The number of thiazole rings is 1. The molecule has 1 fully saturated rings. The van der Waals surface area contributed by atoms with E-state index < -0.39 is 0 Å². The van der Waals surface area contributed by atoms with Crippen molar-refractivity contribution in [1.29, 1.82) is 0 Å². The lowest BCUT2D eigenvalue weighted by Crippen LogP contribution is -2.31. The van der Waals surface area contributed by atoms with Crippen LogP contribution in [0.2, 0.25) is 0 Å². The molecule has 1 aromatic heterocycles. The molecule has 0 bridgehead atoms. The van der Waals surface area contributed by atoms with Crippen molar-refractivity contribution >= 4 is 22.7 Å². The Kier molecular flexibility index (Phi) is 7.47. The van der Waals surface area contributed by atoms with E-state index in [1.54, 1.807) is 17.6 Å². The van der Waals surface area contributed by atoms with Gasteiger partial charge in [0.05, 0.1) is 18.5 Å². The van der Waals surface area contributed by atoms with Crippen molar-refractivity contribution in [3.8, 4) is 17.0 Å². The maximum Gasteiger partial charge on any atom is 0.203 e. The molecule has 1 N–H and O–H groups in total. The summed E-state index contributed by atoms with van der Waals surface area (Å²) in [5.74, 6) is 0.866. The molecular weight excluding hydrogens is 392 g/mol. The quantitative estimate of drug-likeness (QED) is 0.282. The molecule has 0 amide bonds. The van der Waals surface area contributed by atoms with Crippen molar-refractivity contribution in [2.45, 2.75) is 25.7 Å². The van der Waals surface area contributed by atoms with Crippen molar-refractivity contribution in [1.82, 2.24) is 9.88 Å². The smallest absolute Gasteiger partial charge is 0.203 e. The second-order valence-electron chi connectivity index (χ2n) is 7.42. The van der Waals surface area contributed by atoms with Crippen LogP contribution in [-0.4, -0.2) is 42.3 Å². The summed E-state index contributed by atoms with van der Waals surface area (Å²) in [7, 11) is 0. The number of anilines is 1. The summed E-state index contributed by atoms with van der Waals surface area (Å²) in [5, 5.41) is 7.17. The number of nitrogens with zero attached hydrogens (tertiary/aromatic N) is 3. The predicted octanol–water partition coefficient (Wildman–Crippen LogP) is 5.51. The second-order valence-corrected chi connectivity index (χ2v) is 8.27. The number of para-hydroxylation sites is 1. The van der Waals surface area contributed by atoms with Crippen LogP contribution in [0, 0.1) is 0 Å². The standard InChI is InChI=1S/C24H28N4OS/c1-3-10-20(11-4-1)22-19-30-24(26-22)27-25-18-21-12-5-6-13-23(21)29-17-9-16-28-14-7-2-8-15-28/h1,3-6,10-13,18-19H,2,7-9,14-17H2,(H,26,27). The summed E-state index contributed by atoms with van der Waals surface area (Å²) < 4.78 is 6.03. The molecule has 1 saturated heterocycles. The lowest BCUT2D eigenvalue weighted by Gasteiger charge is -2.26. The number of rotatable bonds is 9. The van der Waals surface area contributed by atoms with Gasteiger partial charge >= 0.3 is 0 Å². The van der Waals surface area contributed by atoms with Crippen LogP contribution in [-0.2, 0) is 0 Å². The van der Waals surface area contributed by atoms with Crippen LogP contribution >= 0.6 is 11.3 Å². The molecule has 0 atom stereocenters. The monoisotopic (exact) mass is 420 g/mol. The SMILES string of the molecule is C(=NNc1nc(-c2ccccc2)cs1)c1ccccc1OCCCN1CCCCC1. The molecule has 2 heterocycles. The van der Waals surface area contributed by atoms with E-state index in [9.17, 15) is 0 Å². The van der Waals surface area contributed by atoms with E-state index in [0.29, 0.717) is 0 Å². The maximum atomic E-state index is 6.03. The third-order valence-corrected chi connectivity index (χ3v) is 5.93. The Morgan fingerprint density at radius 3 is 2.70 bits per heavy atom. The summed E-state index contributed by atoms with van der Waals surface area (Å²) in [6, 6.07) is 18.2. The number of hydrazone groups is 1. The van der Waals surface area contributed by atoms with E-state index in [2.05, 4.69) is 32.5 Å². The molecule has 156 valence electrons. The fourth-order valence-corrected chi connectivity index (χ4v) is 4.26. The van der Waals surface area contributed by atoms with Crippen LogP contribution < -0.4 is 10.2 Å². The Labute approximate surface area is 182 Å². The molecule has 0 spiro atoms. The molecule has 0 aliphatic carbocycles. The van der Waals surface area contributed by atoms with Crippen molar-refractivity contribution in [2.75, 3.05) is 31.7 Å². The van der Waals surface area contributed by atoms with Crippen LogP contribution in [0.1, 0.15) is 31.2 Å². The second kappa shape index (κ2) is 10.9. The molecule has 6 heteroatoms. The molecule has 30 heavy (non-hydrogen) atoms. The minimum atomic E-state index is 0.724. The molecule has 1 aliphatic rings. The third-order valence-electron chi connectivity index (χ3n) is 5.18. The van der Waals surface area contributed by atoms with Crippen LogP contribution in [0.5, 0.6) is 5.75 Å². The number of hydrogen-bond donors (Lipinski definition) is 1. The largest absolute Gasteiger partial charge is 0.493 e. The van der Waals surface area contributed by atoms with Gasteiger partial charge in [-0.2, -0.15) is 5.10 Å². The molecule has 5 nitrogen and oxygen atoms in total. The highest BCUT2D eigenvalue weighted by atomic mass is 32.1. The zero-order valence-corrected chi connectivity index (χ0v) is 18.0. The maximum absolute atomic E-state index is 6.03. The minimum Gasteiger partial charge on any atom is -0.493 e. The summed E-state index contributed by atoms with van der Waals surface area (Å²) in [5.41, 5.74) is 6.06. The van der Waals surface area contributed by atoms with Crippen molar-refractivity contribution < 1.29 is 4.74 Å². The molecule has 4 rings (SSSR count). The fraction of sp³-hybridized carbons (Fsp3) is 0.333. The Hall–Kier alpha value is -2.70. The number of aromatic nitrogens is 1. The molecule has 0 radical (unpaired) electrons. The van der Waals surface area contributed by atoms with E-state index in [1.807, 2.05) is 47.8 Å². The zero-order chi connectivity index (χ0) is 20.4. The van der Waals surface area contributed by atoms with Crippen LogP contribution in [0.15, 0.2) is 65.1 Å². The van der Waals surface area contributed by atoms with Crippen LogP contribution in [0.25, 0.3) is 11.3 Å². The zero-order valence-electron chi connectivity index (χ0n) is 17.2. The molecule has 0 saturated carbocycles. The Bertz CT molecular complexity index is 935. The molecule has 1 aliphatic heterocycles. The fourth-order valence-electron chi connectivity index (χ4n) is 3.60. The molecule has 0 unspecified atom stereocenters. The number of benzene rings is 2. The van der Waals surface area contributed by atoms with Gasteiger partial charge in [-0.25, -0.2) is 4.98 Å². The first-order valence-electron chi connectivity index (χ1n) is 10.6. The van der Waals surface area contributed by atoms with Gasteiger partial charge in [0.25, 0.3) is 0 Å². The Morgan fingerprint density at radius 1 is 1.03 bits per heavy atom. The predicted molar refractivity (Wildman–Crippen MR) is 126 cm³/mol. The number of hydrogen-bond acceptors (Lipinski definition) is 6. The average Bonchev–Trinajstić information content (AvgIpc) is 3.28. The highest BCUT2D eigenvalue weighted by molar-refractivity contribution is 7.14. The van der Waals surface area contributed by atoms with Gasteiger partial charge in [-0.3, -0.25) is 5.43 Å². The van der Waals surface area contributed by atoms with Gasteiger partial charge < -0.3 is 9.64 Å². The number of likely N-dealkylation sites (tertiary alicyclic amines) is 1. The first-order valence-corrected chi connectivity index (χ1v) is 11.5. The Morgan fingerprint density at radius 2 is 1.83 bits per heavy atom. The number of piperidine rings is 1. The summed E-state index contributed by atoms with van der Waals surface area (Å²) in [4.78, 5) is 7.14. The van der Waals surface area contributed by atoms with Gasteiger partial charge in [-0.1, -0.05) is 48.9 Å². The number of ether oxygens (including phenoxy) is 1. The molecule has 2 aromatic carbocycles. The molecular formula is C24H28N4OS.